The molecule has 3 aromatic rings. The minimum Gasteiger partial charge on any atom is -0.504 e. The number of phenols is 9. The molecular formula is C27H24O18. The number of rotatable bonds is 11. The summed E-state index contributed by atoms with van der Waals surface area (Å²) in [5.74, 6) is -18.1. The highest BCUT2D eigenvalue weighted by molar-refractivity contribution is 6.45. The lowest BCUT2D eigenvalue weighted by atomic mass is 9.76. The molecule has 0 aliphatic rings. The Bertz CT molecular complexity index is 1640. The number of hydrogen-bond donors (Lipinski definition) is 14. The summed E-state index contributed by atoms with van der Waals surface area (Å²) < 4.78 is 0. The Labute approximate surface area is 249 Å². The third-order valence-corrected chi connectivity index (χ3v) is 6.64. The van der Waals surface area contributed by atoms with Crippen LogP contribution < -0.4 is 0 Å². The van der Waals surface area contributed by atoms with Crippen molar-refractivity contribution in [3.63, 3.8) is 0 Å². The summed E-state index contributed by atoms with van der Waals surface area (Å²) in [6.45, 7) is 0. The monoisotopic (exact) mass is 636 g/mol. The molecule has 0 bridgehead atoms. The van der Waals surface area contributed by atoms with E-state index in [2.05, 4.69) is 0 Å². The number of ketones is 4. The van der Waals surface area contributed by atoms with Crippen LogP contribution in [0.4, 0.5) is 0 Å². The van der Waals surface area contributed by atoms with Crippen LogP contribution in [0.1, 0.15) is 31.1 Å². The normalized spacial score (nSPS) is 15.3. The van der Waals surface area contributed by atoms with Crippen molar-refractivity contribution >= 4 is 23.1 Å². The van der Waals surface area contributed by atoms with E-state index in [1.807, 2.05) is 0 Å². The maximum atomic E-state index is 13.5. The molecule has 0 aliphatic heterocycles. The predicted octanol–water partition coefficient (Wildman–Crippen LogP) is -2.27. The van der Waals surface area contributed by atoms with Crippen molar-refractivity contribution in [3.05, 3.63) is 53.1 Å². The van der Waals surface area contributed by atoms with Crippen molar-refractivity contribution in [2.45, 2.75) is 30.0 Å². The summed E-state index contributed by atoms with van der Waals surface area (Å²) in [5, 5.41) is 141. The fourth-order valence-electron chi connectivity index (χ4n) is 4.11. The summed E-state index contributed by atoms with van der Waals surface area (Å²) in [6.07, 6.45) is -13.0. The molecule has 5 atom stereocenters. The third-order valence-electron chi connectivity index (χ3n) is 6.64. The number of benzene rings is 3. The number of aliphatic hydroxyl groups is 5. The number of carbonyl (C=O) groups is 4. The molecule has 0 aliphatic carbocycles. The molecular weight excluding hydrogens is 612 g/mol. The maximum absolute atomic E-state index is 13.5. The quantitative estimate of drug-likeness (QED) is 0.0599. The second kappa shape index (κ2) is 12.1. The van der Waals surface area contributed by atoms with Crippen LogP contribution in [0.5, 0.6) is 51.7 Å². The van der Waals surface area contributed by atoms with Gasteiger partial charge in [-0.05, 0) is 36.4 Å². The zero-order valence-corrected chi connectivity index (χ0v) is 22.2. The summed E-state index contributed by atoms with van der Waals surface area (Å²) >= 11 is 0. The summed E-state index contributed by atoms with van der Waals surface area (Å²) in [7, 11) is 0. The molecule has 0 saturated carbocycles. The van der Waals surface area contributed by atoms with Gasteiger partial charge in [-0.1, -0.05) is 0 Å². The molecule has 0 radical (unpaired) electrons. The van der Waals surface area contributed by atoms with E-state index in [0.29, 0.717) is 36.4 Å². The molecule has 240 valence electrons. The van der Waals surface area contributed by atoms with Gasteiger partial charge in [-0.2, -0.15) is 0 Å². The Balaban J connectivity index is 2.12. The molecule has 1 unspecified atom stereocenters. The Morgan fingerprint density at radius 1 is 0.489 bits per heavy atom. The first-order valence-corrected chi connectivity index (χ1v) is 12.1. The lowest BCUT2D eigenvalue weighted by molar-refractivity contribution is -0.172. The smallest absolute Gasteiger partial charge is 0.234 e. The molecule has 0 aromatic heterocycles. The van der Waals surface area contributed by atoms with Crippen LogP contribution in [0, 0.1) is 0 Å². The first kappa shape index (κ1) is 33.8. The summed E-state index contributed by atoms with van der Waals surface area (Å²) in [6, 6.07) is 2.47. The second-order valence-electron chi connectivity index (χ2n) is 9.58. The van der Waals surface area contributed by atoms with Gasteiger partial charge in [0.2, 0.25) is 11.6 Å². The fourth-order valence-corrected chi connectivity index (χ4v) is 4.11. The lowest BCUT2D eigenvalue weighted by Gasteiger charge is -2.38. The molecule has 0 spiro atoms. The highest BCUT2D eigenvalue weighted by Crippen LogP contribution is 2.40. The van der Waals surface area contributed by atoms with E-state index in [9.17, 15) is 90.7 Å². The first-order chi connectivity index (χ1) is 20.7. The molecule has 45 heavy (non-hydrogen) atoms. The minimum absolute atomic E-state index is 0.341. The van der Waals surface area contributed by atoms with E-state index in [1.54, 1.807) is 0 Å². The van der Waals surface area contributed by atoms with Crippen LogP contribution in [0.3, 0.4) is 0 Å². The van der Waals surface area contributed by atoms with Crippen molar-refractivity contribution in [2.75, 3.05) is 0 Å². The van der Waals surface area contributed by atoms with Crippen LogP contribution in [0.15, 0.2) is 36.4 Å². The topological polar surface area (TPSA) is 352 Å². The molecule has 18 nitrogen and oxygen atoms in total. The Hall–Kier alpha value is -5.66. The van der Waals surface area contributed by atoms with Crippen LogP contribution >= 0.6 is 0 Å². The zero-order chi connectivity index (χ0) is 34.3. The highest BCUT2D eigenvalue weighted by atomic mass is 16.4. The molecule has 0 heterocycles. The van der Waals surface area contributed by atoms with Gasteiger partial charge < -0.3 is 71.5 Å². The summed E-state index contributed by atoms with van der Waals surface area (Å²) in [4.78, 5) is 51.8. The summed E-state index contributed by atoms with van der Waals surface area (Å²) in [5.41, 5.74) is -7.02. The van der Waals surface area contributed by atoms with Gasteiger partial charge in [-0.15, -0.1) is 0 Å². The van der Waals surface area contributed by atoms with E-state index in [-0.39, 0.29) is 0 Å². The lowest BCUT2D eigenvalue weighted by Crippen LogP contribution is -2.67. The van der Waals surface area contributed by atoms with Gasteiger partial charge in [-0.3, -0.25) is 19.2 Å². The number of aromatic hydroxyl groups is 9. The van der Waals surface area contributed by atoms with Gasteiger partial charge in [-0.25, -0.2) is 0 Å². The van der Waals surface area contributed by atoms with E-state index in [0.717, 1.165) is 0 Å². The molecule has 14 N–H and O–H groups in total. The standard InChI is InChI=1S/C27H24O18/c28-10-1-7(2-11(29)18(10)36)16(34)21(39)23(41)26(44)27(45,24(42)9-5-14(32)20(38)15(33)6-9)25(43)22(40)17(35)8-3-12(30)19(37)13(31)4-8/h1-6,22-23,25-26,28-33,36-38,40-41,43-45H/t22?,23-,25+,26+,27+/m0/s1. The van der Waals surface area contributed by atoms with Gasteiger partial charge >= 0.3 is 0 Å². The van der Waals surface area contributed by atoms with Crippen molar-refractivity contribution in [3.8, 4) is 51.7 Å². The fraction of sp³-hybridized carbons (Fsp3) is 0.185. The van der Waals surface area contributed by atoms with E-state index >= 15 is 0 Å². The van der Waals surface area contributed by atoms with Crippen molar-refractivity contribution < 1.29 is 90.7 Å². The number of Topliss-reactive ketones (excluding diaryl/α,β-unsaturated/α-hetero) is 4. The van der Waals surface area contributed by atoms with Gasteiger partial charge in [0.05, 0.1) is 0 Å². The number of phenolic OH excluding ortho intramolecular Hbond substituents is 9. The minimum atomic E-state index is -4.14. The molecule has 0 fully saturated rings. The predicted molar refractivity (Wildman–Crippen MR) is 141 cm³/mol. The number of hydrogen-bond acceptors (Lipinski definition) is 18. The van der Waals surface area contributed by atoms with E-state index in [1.165, 1.54) is 0 Å². The maximum Gasteiger partial charge on any atom is 0.234 e. The van der Waals surface area contributed by atoms with Crippen LogP contribution in [-0.2, 0) is 4.79 Å². The average molecular weight is 636 g/mol. The van der Waals surface area contributed by atoms with Crippen molar-refractivity contribution in [2.24, 2.45) is 0 Å². The molecule has 0 amide bonds. The molecule has 3 rings (SSSR count). The average Bonchev–Trinajstić information content (AvgIpc) is 3.00. The third kappa shape index (κ3) is 5.94. The Morgan fingerprint density at radius 2 is 0.800 bits per heavy atom. The van der Waals surface area contributed by atoms with Crippen molar-refractivity contribution in [1.29, 1.82) is 0 Å². The second-order valence-corrected chi connectivity index (χ2v) is 9.58. The zero-order valence-electron chi connectivity index (χ0n) is 22.2. The van der Waals surface area contributed by atoms with Gasteiger partial charge in [0.15, 0.2) is 68.9 Å². The number of carbonyl (C=O) groups excluding carboxylic acids is 4. The largest absolute Gasteiger partial charge is 0.504 e. The Kier molecular flexibility index (Phi) is 9.13. The molecule has 3 aromatic carbocycles. The van der Waals surface area contributed by atoms with Gasteiger partial charge in [0, 0.05) is 16.7 Å². The number of aliphatic hydroxyl groups excluding tert-OH is 4. The van der Waals surface area contributed by atoms with E-state index in [4.69, 9.17) is 0 Å². The van der Waals surface area contributed by atoms with Gasteiger partial charge in [0.1, 0.15) is 24.4 Å². The van der Waals surface area contributed by atoms with Crippen LogP contribution in [-0.4, -0.2) is 125 Å². The SMILES string of the molecule is O=C(C(=O)[C@H](O)[C@@H](O)[C@@](O)(C(=O)c1cc(O)c(O)c(O)c1)[C@H](O)C(O)C(=O)c1cc(O)c(O)c(O)c1)c1cc(O)c(O)c(O)c1. The first-order valence-electron chi connectivity index (χ1n) is 12.1. The van der Waals surface area contributed by atoms with Gasteiger partial charge in [0.25, 0.3) is 0 Å². The molecule has 18 heteroatoms. The van der Waals surface area contributed by atoms with Crippen LogP contribution in [0.25, 0.3) is 0 Å². The molecule has 0 saturated heterocycles. The Morgan fingerprint density at radius 3 is 1.18 bits per heavy atom. The van der Waals surface area contributed by atoms with Crippen molar-refractivity contribution in [1.82, 2.24) is 0 Å². The van der Waals surface area contributed by atoms with Crippen LogP contribution in [0.2, 0.25) is 0 Å². The highest BCUT2D eigenvalue weighted by Gasteiger charge is 2.57. The van der Waals surface area contributed by atoms with E-state index < -0.39 is 122 Å².